The molecule has 104 valence electrons. The van der Waals surface area contributed by atoms with Gasteiger partial charge in [-0.25, -0.2) is 4.79 Å². The van der Waals surface area contributed by atoms with Gasteiger partial charge in [-0.05, 0) is 44.4 Å². The zero-order valence-electron chi connectivity index (χ0n) is 11.3. The third-order valence-corrected chi connectivity index (χ3v) is 4.30. The molecule has 2 amide bonds. The zero-order valence-corrected chi connectivity index (χ0v) is 11.3. The third-order valence-electron chi connectivity index (χ3n) is 4.30. The standard InChI is InChI=1S/C14H26N2O2/c1-10-3-2-4-12(9-10)16-14(18)15-11-5-7-13(17)8-6-11/h10-13,17H,2-9H2,1H3,(H2,15,16,18). The lowest BCUT2D eigenvalue weighted by atomic mass is 9.87. The molecule has 0 aromatic rings. The number of nitrogens with one attached hydrogen (secondary N) is 2. The van der Waals surface area contributed by atoms with Crippen molar-refractivity contribution in [3.63, 3.8) is 0 Å². The maximum atomic E-state index is 11.9. The van der Waals surface area contributed by atoms with Crippen LogP contribution in [0, 0.1) is 5.92 Å². The van der Waals surface area contributed by atoms with Crippen LogP contribution < -0.4 is 10.6 Å². The largest absolute Gasteiger partial charge is 0.393 e. The van der Waals surface area contributed by atoms with Crippen LogP contribution >= 0.6 is 0 Å². The van der Waals surface area contributed by atoms with Crippen molar-refractivity contribution < 1.29 is 9.90 Å². The number of carbonyl (C=O) groups excluding carboxylic acids is 1. The number of urea groups is 1. The number of amides is 2. The van der Waals surface area contributed by atoms with E-state index < -0.39 is 0 Å². The van der Waals surface area contributed by atoms with Crippen LogP contribution in [0.3, 0.4) is 0 Å². The normalized spacial score (nSPS) is 37.0. The Balaban J connectivity index is 1.68. The van der Waals surface area contributed by atoms with Crippen molar-refractivity contribution in [2.24, 2.45) is 5.92 Å². The van der Waals surface area contributed by atoms with Crippen LogP contribution in [0.5, 0.6) is 0 Å². The average Bonchev–Trinajstić information content (AvgIpc) is 2.32. The highest BCUT2D eigenvalue weighted by Crippen LogP contribution is 2.23. The van der Waals surface area contributed by atoms with E-state index in [1.165, 1.54) is 12.8 Å². The molecule has 0 bridgehead atoms. The van der Waals surface area contributed by atoms with Crippen LogP contribution in [0.1, 0.15) is 58.3 Å². The molecule has 2 saturated carbocycles. The Morgan fingerprint density at radius 1 is 1.00 bits per heavy atom. The monoisotopic (exact) mass is 254 g/mol. The van der Waals surface area contributed by atoms with Gasteiger partial charge in [-0.3, -0.25) is 0 Å². The van der Waals surface area contributed by atoms with Gasteiger partial charge in [0.2, 0.25) is 0 Å². The van der Waals surface area contributed by atoms with E-state index in [-0.39, 0.29) is 18.2 Å². The van der Waals surface area contributed by atoms with Crippen LogP contribution in [0.15, 0.2) is 0 Å². The minimum absolute atomic E-state index is 0.0181. The summed E-state index contributed by atoms with van der Waals surface area (Å²) in [7, 11) is 0. The predicted octanol–water partition coefficient (Wildman–Crippen LogP) is 2.17. The Kier molecular flexibility index (Phi) is 4.87. The molecular formula is C14H26N2O2. The van der Waals surface area contributed by atoms with Crippen molar-refractivity contribution in [3.05, 3.63) is 0 Å². The van der Waals surface area contributed by atoms with E-state index in [2.05, 4.69) is 17.6 Å². The first-order chi connectivity index (χ1) is 8.63. The van der Waals surface area contributed by atoms with Gasteiger partial charge in [0.15, 0.2) is 0 Å². The molecule has 2 atom stereocenters. The van der Waals surface area contributed by atoms with Gasteiger partial charge < -0.3 is 15.7 Å². The molecule has 0 aromatic heterocycles. The molecule has 0 aliphatic heterocycles. The highest BCUT2D eigenvalue weighted by atomic mass is 16.3. The molecule has 4 heteroatoms. The fourth-order valence-corrected chi connectivity index (χ4v) is 3.20. The third kappa shape index (κ3) is 4.16. The summed E-state index contributed by atoms with van der Waals surface area (Å²) in [6.45, 7) is 2.26. The molecule has 3 N–H and O–H groups in total. The lowest BCUT2D eigenvalue weighted by Crippen LogP contribution is -2.48. The lowest BCUT2D eigenvalue weighted by molar-refractivity contribution is 0.117. The van der Waals surface area contributed by atoms with Crippen molar-refractivity contribution in [1.82, 2.24) is 10.6 Å². The van der Waals surface area contributed by atoms with Crippen molar-refractivity contribution in [2.45, 2.75) is 76.5 Å². The van der Waals surface area contributed by atoms with E-state index in [0.29, 0.717) is 6.04 Å². The summed E-state index contributed by atoms with van der Waals surface area (Å²) in [6.07, 6.45) is 7.99. The summed E-state index contributed by atoms with van der Waals surface area (Å²) >= 11 is 0. The van der Waals surface area contributed by atoms with E-state index in [9.17, 15) is 9.90 Å². The summed E-state index contributed by atoms with van der Waals surface area (Å²) in [5.74, 6) is 0.730. The molecule has 2 fully saturated rings. The molecule has 2 unspecified atom stereocenters. The second-order valence-corrected chi connectivity index (χ2v) is 6.09. The number of aliphatic hydroxyl groups is 1. The Morgan fingerprint density at radius 2 is 1.67 bits per heavy atom. The minimum Gasteiger partial charge on any atom is -0.393 e. The molecule has 0 heterocycles. The van der Waals surface area contributed by atoms with Crippen molar-refractivity contribution in [3.8, 4) is 0 Å². The highest BCUT2D eigenvalue weighted by Gasteiger charge is 2.23. The predicted molar refractivity (Wildman–Crippen MR) is 71.4 cm³/mol. The highest BCUT2D eigenvalue weighted by molar-refractivity contribution is 5.74. The van der Waals surface area contributed by atoms with Crippen LogP contribution in [0.25, 0.3) is 0 Å². The summed E-state index contributed by atoms with van der Waals surface area (Å²) in [5, 5.41) is 15.6. The number of hydrogen-bond acceptors (Lipinski definition) is 2. The molecule has 0 saturated heterocycles. The quantitative estimate of drug-likeness (QED) is 0.707. The number of carbonyl (C=O) groups is 1. The summed E-state index contributed by atoms with van der Waals surface area (Å²) in [5.41, 5.74) is 0. The topological polar surface area (TPSA) is 61.4 Å². The number of hydrogen-bond donors (Lipinski definition) is 3. The summed E-state index contributed by atoms with van der Waals surface area (Å²) in [6, 6.07) is 0.577. The van der Waals surface area contributed by atoms with Crippen LogP contribution in [0.4, 0.5) is 4.79 Å². The van der Waals surface area contributed by atoms with Crippen LogP contribution in [0.2, 0.25) is 0 Å². The SMILES string of the molecule is CC1CCCC(NC(=O)NC2CCC(O)CC2)C1. The van der Waals surface area contributed by atoms with Gasteiger partial charge in [0.25, 0.3) is 0 Å². The van der Waals surface area contributed by atoms with E-state index in [1.54, 1.807) is 0 Å². The second kappa shape index (κ2) is 6.41. The summed E-state index contributed by atoms with van der Waals surface area (Å²) < 4.78 is 0. The Bertz CT molecular complexity index is 275. The Hall–Kier alpha value is -0.770. The molecule has 0 spiro atoms. The maximum absolute atomic E-state index is 11.9. The maximum Gasteiger partial charge on any atom is 0.315 e. The van der Waals surface area contributed by atoms with Gasteiger partial charge in [0, 0.05) is 12.1 Å². The second-order valence-electron chi connectivity index (χ2n) is 6.09. The van der Waals surface area contributed by atoms with E-state index in [4.69, 9.17) is 0 Å². The smallest absolute Gasteiger partial charge is 0.315 e. The molecule has 2 rings (SSSR count). The van der Waals surface area contributed by atoms with E-state index in [0.717, 1.165) is 44.4 Å². The average molecular weight is 254 g/mol. The van der Waals surface area contributed by atoms with Crippen molar-refractivity contribution in [2.75, 3.05) is 0 Å². The van der Waals surface area contributed by atoms with Gasteiger partial charge in [-0.2, -0.15) is 0 Å². The molecule has 0 radical (unpaired) electrons. The van der Waals surface area contributed by atoms with E-state index in [1.807, 2.05) is 0 Å². The molecular weight excluding hydrogens is 228 g/mol. The molecule has 2 aliphatic rings. The zero-order chi connectivity index (χ0) is 13.0. The van der Waals surface area contributed by atoms with Gasteiger partial charge in [0.05, 0.1) is 6.10 Å². The summed E-state index contributed by atoms with van der Waals surface area (Å²) in [4.78, 5) is 11.9. The van der Waals surface area contributed by atoms with Crippen LogP contribution in [-0.4, -0.2) is 29.3 Å². The van der Waals surface area contributed by atoms with Crippen LogP contribution in [-0.2, 0) is 0 Å². The Morgan fingerprint density at radius 3 is 2.33 bits per heavy atom. The molecule has 0 aromatic carbocycles. The van der Waals surface area contributed by atoms with Crippen molar-refractivity contribution in [1.29, 1.82) is 0 Å². The molecule has 2 aliphatic carbocycles. The first-order valence-corrected chi connectivity index (χ1v) is 7.38. The fraction of sp³-hybridized carbons (Fsp3) is 0.929. The molecule has 18 heavy (non-hydrogen) atoms. The number of aliphatic hydroxyl groups excluding tert-OH is 1. The molecule has 4 nitrogen and oxygen atoms in total. The first kappa shape index (κ1) is 13.7. The minimum atomic E-state index is -0.162. The Labute approximate surface area is 110 Å². The number of rotatable bonds is 2. The fourth-order valence-electron chi connectivity index (χ4n) is 3.20. The van der Waals surface area contributed by atoms with Crippen molar-refractivity contribution >= 4 is 6.03 Å². The lowest BCUT2D eigenvalue weighted by Gasteiger charge is -2.30. The first-order valence-electron chi connectivity index (χ1n) is 7.38. The van der Waals surface area contributed by atoms with Gasteiger partial charge >= 0.3 is 6.03 Å². The van der Waals surface area contributed by atoms with Gasteiger partial charge in [-0.15, -0.1) is 0 Å². The van der Waals surface area contributed by atoms with E-state index >= 15 is 0 Å². The van der Waals surface area contributed by atoms with Gasteiger partial charge in [0.1, 0.15) is 0 Å². The van der Waals surface area contributed by atoms with Gasteiger partial charge in [-0.1, -0.05) is 19.8 Å².